The Labute approximate surface area is 185 Å². The highest BCUT2D eigenvalue weighted by molar-refractivity contribution is 6.35. The van der Waals surface area contributed by atoms with Gasteiger partial charge < -0.3 is 4.90 Å². The number of fused-ring (bicyclic) bond motifs is 3. The van der Waals surface area contributed by atoms with Crippen LogP contribution in [0.1, 0.15) is 29.0 Å². The third kappa shape index (κ3) is 3.36. The lowest BCUT2D eigenvalue weighted by atomic mass is 9.81. The second kappa shape index (κ2) is 7.79. The van der Waals surface area contributed by atoms with E-state index >= 15 is 0 Å². The molecule has 0 fully saturated rings. The first-order chi connectivity index (χ1) is 14.6. The summed E-state index contributed by atoms with van der Waals surface area (Å²) < 4.78 is 0. The number of anilines is 1. The van der Waals surface area contributed by atoms with Crippen molar-refractivity contribution in [3.05, 3.63) is 112 Å². The molecule has 148 valence electrons. The van der Waals surface area contributed by atoms with Gasteiger partial charge in [-0.3, -0.25) is 4.79 Å². The van der Waals surface area contributed by atoms with Gasteiger partial charge in [-0.1, -0.05) is 89.9 Å². The quantitative estimate of drug-likeness (QED) is 0.335. The number of carbonyl (C=O) groups is 1. The van der Waals surface area contributed by atoms with Crippen molar-refractivity contribution in [2.24, 2.45) is 0 Å². The fourth-order valence-electron chi connectivity index (χ4n) is 4.40. The Morgan fingerprint density at radius 1 is 0.867 bits per heavy atom. The predicted molar refractivity (Wildman–Crippen MR) is 125 cm³/mol. The van der Waals surface area contributed by atoms with Gasteiger partial charge in [0.1, 0.15) is 0 Å². The molecule has 1 heterocycles. The van der Waals surface area contributed by atoms with Crippen LogP contribution in [0.4, 0.5) is 5.69 Å². The Kier molecular flexibility index (Phi) is 4.98. The smallest absolute Gasteiger partial charge is 0.228 e. The molecule has 0 bridgehead atoms. The van der Waals surface area contributed by atoms with Crippen molar-refractivity contribution in [3.8, 4) is 0 Å². The average Bonchev–Trinajstić information content (AvgIpc) is 2.76. The Morgan fingerprint density at radius 3 is 2.43 bits per heavy atom. The van der Waals surface area contributed by atoms with Gasteiger partial charge in [-0.2, -0.15) is 0 Å². The summed E-state index contributed by atoms with van der Waals surface area (Å²) in [5.41, 5.74) is 4.14. The molecule has 2 nitrogen and oxygen atoms in total. The molecule has 30 heavy (non-hydrogen) atoms. The Morgan fingerprint density at radius 2 is 1.63 bits per heavy atom. The van der Waals surface area contributed by atoms with Crippen molar-refractivity contribution in [2.45, 2.75) is 18.9 Å². The van der Waals surface area contributed by atoms with Gasteiger partial charge in [-0.05, 0) is 45.7 Å². The third-order valence-electron chi connectivity index (χ3n) is 5.79. The fourth-order valence-corrected chi connectivity index (χ4v) is 4.94. The minimum atomic E-state index is -0.115. The summed E-state index contributed by atoms with van der Waals surface area (Å²) >= 11 is 12.7. The highest BCUT2D eigenvalue weighted by Gasteiger charge is 2.34. The molecule has 5 rings (SSSR count). The number of carbonyl (C=O) groups excluding carboxylic acids is 1. The summed E-state index contributed by atoms with van der Waals surface area (Å²) in [6, 6.07) is 28.1. The second-order valence-corrected chi connectivity index (χ2v) is 8.45. The van der Waals surface area contributed by atoms with Crippen LogP contribution < -0.4 is 4.90 Å². The van der Waals surface area contributed by atoms with Gasteiger partial charge in [-0.15, -0.1) is 0 Å². The minimum Gasteiger partial charge on any atom is -0.308 e. The van der Waals surface area contributed by atoms with Gasteiger partial charge in [0, 0.05) is 28.1 Å². The van der Waals surface area contributed by atoms with E-state index in [2.05, 4.69) is 36.4 Å². The van der Waals surface area contributed by atoms with E-state index in [9.17, 15) is 4.79 Å². The van der Waals surface area contributed by atoms with Gasteiger partial charge in [0.15, 0.2) is 0 Å². The number of hydrogen-bond acceptors (Lipinski definition) is 1. The molecule has 4 aromatic rings. The molecule has 1 aliphatic rings. The van der Waals surface area contributed by atoms with Gasteiger partial charge >= 0.3 is 0 Å². The van der Waals surface area contributed by atoms with Crippen molar-refractivity contribution in [2.75, 3.05) is 4.90 Å². The van der Waals surface area contributed by atoms with Crippen molar-refractivity contribution >= 4 is 45.6 Å². The van der Waals surface area contributed by atoms with E-state index in [4.69, 9.17) is 23.2 Å². The summed E-state index contributed by atoms with van der Waals surface area (Å²) in [5.74, 6) is -0.0203. The van der Waals surface area contributed by atoms with Crippen LogP contribution in [0.3, 0.4) is 0 Å². The molecular weight excluding hydrogens is 413 g/mol. The molecule has 1 unspecified atom stereocenters. The summed E-state index contributed by atoms with van der Waals surface area (Å²) in [7, 11) is 0. The number of halogens is 2. The van der Waals surface area contributed by atoms with Crippen LogP contribution >= 0.6 is 23.2 Å². The van der Waals surface area contributed by atoms with E-state index in [1.54, 1.807) is 6.07 Å². The minimum absolute atomic E-state index is 0.0950. The fraction of sp³-hybridized carbons (Fsp3) is 0.115. The highest BCUT2D eigenvalue weighted by Crippen LogP contribution is 2.46. The molecule has 1 amide bonds. The largest absolute Gasteiger partial charge is 0.308 e. The summed E-state index contributed by atoms with van der Waals surface area (Å²) in [5, 5.41) is 3.49. The topological polar surface area (TPSA) is 20.3 Å². The monoisotopic (exact) mass is 431 g/mol. The molecule has 1 atom stereocenters. The zero-order valence-electron chi connectivity index (χ0n) is 16.2. The molecule has 0 radical (unpaired) electrons. The first-order valence-corrected chi connectivity index (χ1v) is 10.7. The summed E-state index contributed by atoms with van der Waals surface area (Å²) in [6.45, 7) is 0.548. The molecule has 0 spiro atoms. The van der Waals surface area contributed by atoms with Crippen LogP contribution in [0.15, 0.2) is 84.9 Å². The number of nitrogens with zero attached hydrogens (tertiary/aromatic N) is 1. The number of rotatable bonds is 3. The van der Waals surface area contributed by atoms with Crippen LogP contribution in [-0.2, 0) is 11.3 Å². The Bertz CT molecular complexity index is 1250. The van der Waals surface area contributed by atoms with Gasteiger partial charge in [0.25, 0.3) is 0 Å². The maximum absolute atomic E-state index is 13.3. The van der Waals surface area contributed by atoms with E-state index in [-0.39, 0.29) is 11.8 Å². The molecule has 0 saturated carbocycles. The molecule has 0 saturated heterocycles. The molecule has 0 aliphatic carbocycles. The van der Waals surface area contributed by atoms with E-state index in [0.717, 1.165) is 33.2 Å². The zero-order chi connectivity index (χ0) is 20.7. The number of amides is 1. The maximum atomic E-state index is 13.3. The Balaban J connectivity index is 1.71. The molecule has 4 aromatic carbocycles. The average molecular weight is 432 g/mol. The standard InChI is InChI=1S/C26H19Cl2NO/c27-19-11-12-21(23(28)14-19)22-15-25(30)29(16-17-6-2-1-3-7-17)24-13-10-18-8-4-5-9-20(18)26(22)24/h1-14,22H,15-16H2. The lowest BCUT2D eigenvalue weighted by Gasteiger charge is -2.35. The van der Waals surface area contributed by atoms with Crippen molar-refractivity contribution < 1.29 is 4.79 Å². The van der Waals surface area contributed by atoms with Crippen LogP contribution in [0.25, 0.3) is 10.8 Å². The van der Waals surface area contributed by atoms with E-state index in [1.807, 2.05) is 47.4 Å². The van der Waals surface area contributed by atoms with Crippen LogP contribution in [-0.4, -0.2) is 5.91 Å². The summed E-state index contributed by atoms with van der Waals surface area (Å²) in [4.78, 5) is 15.2. The second-order valence-electron chi connectivity index (χ2n) is 7.61. The van der Waals surface area contributed by atoms with E-state index in [1.165, 1.54) is 0 Å². The van der Waals surface area contributed by atoms with Crippen LogP contribution in [0.5, 0.6) is 0 Å². The molecule has 4 heteroatoms. The zero-order valence-corrected chi connectivity index (χ0v) is 17.7. The number of benzene rings is 4. The predicted octanol–water partition coefficient (Wildman–Crippen LogP) is 7.22. The molecular formula is C26H19Cl2NO. The summed E-state index contributed by atoms with van der Waals surface area (Å²) in [6.07, 6.45) is 0.370. The van der Waals surface area contributed by atoms with Crippen molar-refractivity contribution in [3.63, 3.8) is 0 Å². The van der Waals surface area contributed by atoms with Gasteiger partial charge in [0.05, 0.1) is 6.54 Å². The molecule has 0 aromatic heterocycles. The highest BCUT2D eigenvalue weighted by atomic mass is 35.5. The first kappa shape index (κ1) is 19.2. The SMILES string of the molecule is O=C1CC(c2ccc(Cl)cc2Cl)c2c(ccc3ccccc23)N1Cc1ccccc1. The third-order valence-corrected chi connectivity index (χ3v) is 6.35. The lowest BCUT2D eigenvalue weighted by molar-refractivity contribution is -0.119. The van der Waals surface area contributed by atoms with Crippen LogP contribution in [0.2, 0.25) is 10.0 Å². The van der Waals surface area contributed by atoms with Gasteiger partial charge in [-0.25, -0.2) is 0 Å². The van der Waals surface area contributed by atoms with Crippen molar-refractivity contribution in [1.82, 2.24) is 0 Å². The Hall–Kier alpha value is -2.81. The number of hydrogen-bond donors (Lipinski definition) is 0. The van der Waals surface area contributed by atoms with E-state index < -0.39 is 0 Å². The normalized spacial score (nSPS) is 16.0. The maximum Gasteiger partial charge on any atom is 0.228 e. The van der Waals surface area contributed by atoms with Crippen LogP contribution in [0, 0.1) is 0 Å². The van der Waals surface area contributed by atoms with Crippen molar-refractivity contribution in [1.29, 1.82) is 0 Å². The molecule has 1 aliphatic heterocycles. The first-order valence-electron chi connectivity index (χ1n) is 9.92. The molecule has 0 N–H and O–H groups in total. The van der Waals surface area contributed by atoms with Gasteiger partial charge in [0.2, 0.25) is 5.91 Å². The lowest BCUT2D eigenvalue weighted by Crippen LogP contribution is -2.36. The van der Waals surface area contributed by atoms with E-state index in [0.29, 0.717) is 23.0 Å².